The van der Waals surface area contributed by atoms with E-state index in [1.54, 1.807) is 25.6 Å². The summed E-state index contributed by atoms with van der Waals surface area (Å²) >= 11 is 1.76. The minimum atomic E-state index is -4.35. The molecule has 1 amide bonds. The summed E-state index contributed by atoms with van der Waals surface area (Å²) in [6, 6.07) is 0. The van der Waals surface area contributed by atoms with E-state index in [4.69, 9.17) is 0 Å². The van der Waals surface area contributed by atoms with Gasteiger partial charge >= 0.3 is 29.6 Å². The molecule has 0 saturated carbocycles. The van der Waals surface area contributed by atoms with Gasteiger partial charge in [0, 0.05) is 17.7 Å². The molecule has 5 nitrogen and oxygen atoms in total. The fourth-order valence-corrected chi connectivity index (χ4v) is 4.77. The summed E-state index contributed by atoms with van der Waals surface area (Å²) in [5.41, 5.74) is -1.02. The van der Waals surface area contributed by atoms with E-state index in [-0.39, 0.29) is 35.5 Å². The van der Waals surface area contributed by atoms with E-state index in [1.165, 1.54) is 64.2 Å². The monoisotopic (exact) mass is 431 g/mol. The Bertz CT molecular complexity index is 470. The Morgan fingerprint density at radius 3 is 1.89 bits per heavy atom. The third-order valence-electron chi connectivity index (χ3n) is 4.13. The van der Waals surface area contributed by atoms with Crippen molar-refractivity contribution < 1.29 is 47.3 Å². The molecule has 8 heteroatoms. The summed E-state index contributed by atoms with van der Waals surface area (Å²) < 4.78 is 32.4. The number of amides is 1. The van der Waals surface area contributed by atoms with Gasteiger partial charge in [-0.1, -0.05) is 64.7 Å². The van der Waals surface area contributed by atoms with Gasteiger partial charge in [0.25, 0.3) is 0 Å². The zero-order valence-electron chi connectivity index (χ0n) is 17.8. The first-order valence-corrected chi connectivity index (χ1v) is 12.7. The van der Waals surface area contributed by atoms with Crippen LogP contribution in [0.5, 0.6) is 0 Å². The van der Waals surface area contributed by atoms with Gasteiger partial charge in [-0.15, -0.1) is 0 Å². The SMILES string of the molecule is CCCCCCCCCCCCSCCC(=O)NC(C)(C)CS(=O)(=O)[O-].[Na+]. The van der Waals surface area contributed by atoms with Crippen LogP contribution in [0.4, 0.5) is 0 Å². The van der Waals surface area contributed by atoms with Crippen LogP contribution in [0, 0.1) is 0 Å². The Labute approximate surface area is 193 Å². The van der Waals surface area contributed by atoms with Gasteiger partial charge in [-0.25, -0.2) is 8.42 Å². The van der Waals surface area contributed by atoms with Crippen molar-refractivity contribution in [2.24, 2.45) is 0 Å². The first-order valence-electron chi connectivity index (χ1n) is 9.98. The molecular formula is C19H38NNaO4S2. The number of thioether (sulfide) groups is 1. The van der Waals surface area contributed by atoms with Crippen molar-refractivity contribution in [1.29, 1.82) is 0 Å². The van der Waals surface area contributed by atoms with Crippen LogP contribution in [0.2, 0.25) is 0 Å². The van der Waals surface area contributed by atoms with Crippen molar-refractivity contribution in [3.63, 3.8) is 0 Å². The first-order chi connectivity index (χ1) is 12.2. The molecule has 0 saturated heterocycles. The Morgan fingerprint density at radius 2 is 1.41 bits per heavy atom. The number of hydrogen-bond acceptors (Lipinski definition) is 5. The molecule has 0 aromatic rings. The molecule has 156 valence electrons. The number of hydrogen-bond donors (Lipinski definition) is 1. The minimum Gasteiger partial charge on any atom is -0.748 e. The molecule has 0 aromatic carbocycles. The van der Waals surface area contributed by atoms with Crippen molar-refractivity contribution in [3.8, 4) is 0 Å². The Kier molecular flexibility index (Phi) is 19.5. The maximum absolute atomic E-state index is 11.8. The summed E-state index contributed by atoms with van der Waals surface area (Å²) in [5, 5.41) is 2.62. The average Bonchev–Trinajstić information content (AvgIpc) is 2.48. The number of rotatable bonds is 17. The van der Waals surface area contributed by atoms with Gasteiger partial charge in [0.15, 0.2) is 0 Å². The number of unbranched alkanes of at least 4 members (excludes halogenated alkanes) is 9. The molecule has 0 aromatic heterocycles. The second-order valence-corrected chi connectivity index (χ2v) is 10.3. The molecule has 0 bridgehead atoms. The second-order valence-electron chi connectivity index (χ2n) is 7.68. The fraction of sp³-hybridized carbons (Fsp3) is 0.947. The maximum atomic E-state index is 11.8. The van der Waals surface area contributed by atoms with Crippen LogP contribution < -0.4 is 34.9 Å². The van der Waals surface area contributed by atoms with Gasteiger partial charge < -0.3 is 9.87 Å². The van der Waals surface area contributed by atoms with Gasteiger partial charge in [-0.2, -0.15) is 11.8 Å². The third kappa shape index (κ3) is 22.9. The molecule has 0 fully saturated rings. The summed E-state index contributed by atoms with van der Waals surface area (Å²) in [6.45, 7) is 5.35. The van der Waals surface area contributed by atoms with Crippen molar-refractivity contribution in [2.45, 2.75) is 96.9 Å². The largest absolute Gasteiger partial charge is 1.00 e. The predicted octanol–water partition coefficient (Wildman–Crippen LogP) is 1.47. The van der Waals surface area contributed by atoms with Gasteiger partial charge in [0.05, 0.1) is 15.9 Å². The molecular weight excluding hydrogens is 393 g/mol. The first kappa shape index (κ1) is 29.9. The number of carbonyl (C=O) groups excluding carboxylic acids is 1. The molecule has 0 atom stereocenters. The van der Waals surface area contributed by atoms with E-state index in [0.717, 1.165) is 11.5 Å². The molecule has 0 spiro atoms. The van der Waals surface area contributed by atoms with Crippen LogP contribution in [-0.4, -0.2) is 41.7 Å². The number of carbonyl (C=O) groups is 1. The molecule has 0 aliphatic rings. The summed E-state index contributed by atoms with van der Waals surface area (Å²) in [5.74, 6) is 0.998. The molecule has 0 radical (unpaired) electrons. The normalized spacial score (nSPS) is 11.9. The number of nitrogens with one attached hydrogen (secondary N) is 1. The molecule has 0 heterocycles. The molecule has 1 N–H and O–H groups in total. The van der Waals surface area contributed by atoms with E-state index >= 15 is 0 Å². The minimum absolute atomic E-state index is 0. The Balaban J connectivity index is 0. The molecule has 0 rings (SSSR count). The maximum Gasteiger partial charge on any atom is 1.00 e. The van der Waals surface area contributed by atoms with E-state index < -0.39 is 21.4 Å². The van der Waals surface area contributed by atoms with Crippen molar-refractivity contribution in [3.05, 3.63) is 0 Å². The Hall–Kier alpha value is 0.730. The zero-order chi connectivity index (χ0) is 19.9. The molecule has 0 aliphatic heterocycles. The van der Waals surface area contributed by atoms with Crippen LogP contribution in [0.3, 0.4) is 0 Å². The van der Waals surface area contributed by atoms with Gasteiger partial charge in [0.2, 0.25) is 5.91 Å². The van der Waals surface area contributed by atoms with E-state index in [9.17, 15) is 17.8 Å². The fourth-order valence-electron chi connectivity index (χ4n) is 2.88. The smallest absolute Gasteiger partial charge is 0.748 e. The van der Waals surface area contributed by atoms with Crippen LogP contribution in [0.15, 0.2) is 0 Å². The third-order valence-corrected chi connectivity index (χ3v) is 6.28. The summed E-state index contributed by atoms with van der Waals surface area (Å²) in [4.78, 5) is 11.8. The average molecular weight is 432 g/mol. The van der Waals surface area contributed by atoms with Crippen LogP contribution in [0.25, 0.3) is 0 Å². The van der Waals surface area contributed by atoms with Crippen LogP contribution >= 0.6 is 11.8 Å². The van der Waals surface area contributed by atoms with Crippen LogP contribution in [0.1, 0.15) is 91.4 Å². The van der Waals surface area contributed by atoms with Crippen molar-refractivity contribution in [1.82, 2.24) is 5.32 Å². The van der Waals surface area contributed by atoms with Gasteiger partial charge in [-0.3, -0.25) is 4.79 Å². The second kappa shape index (κ2) is 17.6. The standard InChI is InChI=1S/C19H39NO4S2.Na/c1-4-5-6-7-8-9-10-11-12-13-15-25-16-14-18(21)20-19(2,3)17-26(22,23)24;/h4-17H2,1-3H3,(H,20,21)(H,22,23,24);/q;+1/p-1. The zero-order valence-corrected chi connectivity index (χ0v) is 21.5. The van der Waals surface area contributed by atoms with Crippen molar-refractivity contribution in [2.75, 3.05) is 17.3 Å². The van der Waals surface area contributed by atoms with Crippen LogP contribution in [-0.2, 0) is 14.9 Å². The van der Waals surface area contributed by atoms with E-state index in [2.05, 4.69) is 12.2 Å². The topological polar surface area (TPSA) is 86.3 Å². The molecule has 0 aliphatic carbocycles. The van der Waals surface area contributed by atoms with E-state index in [0.29, 0.717) is 6.42 Å². The van der Waals surface area contributed by atoms with E-state index in [1.807, 2.05) is 0 Å². The van der Waals surface area contributed by atoms with Gasteiger partial charge in [0.1, 0.15) is 0 Å². The quantitative estimate of drug-likeness (QED) is 0.214. The van der Waals surface area contributed by atoms with Crippen molar-refractivity contribution >= 4 is 27.8 Å². The molecule has 27 heavy (non-hydrogen) atoms. The summed E-state index contributed by atoms with van der Waals surface area (Å²) in [6.07, 6.45) is 13.6. The predicted molar refractivity (Wildman–Crippen MR) is 111 cm³/mol. The molecule has 0 unspecified atom stereocenters. The van der Waals surface area contributed by atoms with Gasteiger partial charge in [-0.05, 0) is 26.0 Å². The Morgan fingerprint density at radius 1 is 0.926 bits per heavy atom. The summed E-state index contributed by atoms with van der Waals surface area (Å²) in [7, 11) is -4.35.